The second-order valence-electron chi connectivity index (χ2n) is 9.38. The van der Waals surface area contributed by atoms with Crippen LogP contribution in [0.2, 0.25) is 0 Å². The highest BCUT2D eigenvalue weighted by atomic mass is 16.1. The second-order valence-corrected chi connectivity index (χ2v) is 9.38. The number of aromatic nitrogens is 2. The molecule has 5 rings (SSSR count). The van der Waals surface area contributed by atoms with Gasteiger partial charge in [0.05, 0.1) is 5.52 Å². The van der Waals surface area contributed by atoms with E-state index in [-0.39, 0.29) is 11.9 Å². The first-order chi connectivity index (χ1) is 16.6. The number of hydrogen-bond acceptors (Lipinski definition) is 5. The van der Waals surface area contributed by atoms with Crippen molar-refractivity contribution < 1.29 is 4.79 Å². The van der Waals surface area contributed by atoms with Gasteiger partial charge in [0.1, 0.15) is 5.82 Å². The van der Waals surface area contributed by atoms with Gasteiger partial charge in [0, 0.05) is 37.6 Å². The Bertz CT molecular complexity index is 1310. The van der Waals surface area contributed by atoms with Crippen molar-refractivity contribution in [3.8, 4) is 0 Å². The van der Waals surface area contributed by atoms with Crippen molar-refractivity contribution in [3.05, 3.63) is 72.3 Å². The molecule has 1 heterocycles. The molecule has 0 bridgehead atoms. The molecule has 0 radical (unpaired) electrons. The molecule has 4 aromatic rings. The van der Waals surface area contributed by atoms with Crippen LogP contribution in [0.5, 0.6) is 0 Å². The van der Waals surface area contributed by atoms with Crippen LogP contribution in [0.1, 0.15) is 36.0 Å². The molecule has 34 heavy (non-hydrogen) atoms. The van der Waals surface area contributed by atoms with E-state index in [9.17, 15) is 4.79 Å². The van der Waals surface area contributed by atoms with Gasteiger partial charge >= 0.3 is 0 Å². The summed E-state index contributed by atoms with van der Waals surface area (Å²) in [4.78, 5) is 24.4. The molecular formula is C28H31N5O. The van der Waals surface area contributed by atoms with Crippen LogP contribution in [0.4, 0.5) is 11.8 Å². The first kappa shape index (κ1) is 22.1. The monoisotopic (exact) mass is 453 g/mol. The molecule has 0 spiro atoms. The molecule has 1 saturated carbocycles. The summed E-state index contributed by atoms with van der Waals surface area (Å²) in [6, 6.07) is 22.3. The van der Waals surface area contributed by atoms with Crippen LogP contribution in [0.3, 0.4) is 0 Å². The Morgan fingerprint density at radius 2 is 1.59 bits per heavy atom. The van der Waals surface area contributed by atoms with E-state index in [2.05, 4.69) is 16.7 Å². The lowest BCUT2D eigenvalue weighted by Gasteiger charge is -2.29. The van der Waals surface area contributed by atoms with Crippen molar-refractivity contribution in [2.24, 2.45) is 5.92 Å². The molecule has 0 saturated heterocycles. The van der Waals surface area contributed by atoms with Gasteiger partial charge in [-0.25, -0.2) is 4.98 Å². The summed E-state index contributed by atoms with van der Waals surface area (Å²) in [5.41, 5.74) is 1.70. The second kappa shape index (κ2) is 9.67. The van der Waals surface area contributed by atoms with Crippen LogP contribution in [0.15, 0.2) is 66.7 Å². The Hall–Kier alpha value is -3.67. The molecule has 1 amide bonds. The van der Waals surface area contributed by atoms with Crippen LogP contribution in [-0.2, 0) is 0 Å². The fourth-order valence-corrected chi connectivity index (χ4v) is 4.91. The van der Waals surface area contributed by atoms with Crippen molar-refractivity contribution in [2.75, 3.05) is 30.9 Å². The third kappa shape index (κ3) is 4.67. The summed E-state index contributed by atoms with van der Waals surface area (Å²) in [5.74, 6) is 2.17. The van der Waals surface area contributed by atoms with Crippen molar-refractivity contribution >= 4 is 39.3 Å². The maximum atomic E-state index is 13.0. The quantitative estimate of drug-likeness (QED) is 0.417. The van der Waals surface area contributed by atoms with Crippen molar-refractivity contribution in [3.63, 3.8) is 0 Å². The Morgan fingerprint density at radius 1 is 0.882 bits per heavy atom. The van der Waals surface area contributed by atoms with Gasteiger partial charge in [0.2, 0.25) is 5.95 Å². The molecule has 2 N–H and O–H groups in total. The van der Waals surface area contributed by atoms with Crippen LogP contribution in [0, 0.1) is 5.92 Å². The van der Waals surface area contributed by atoms with E-state index >= 15 is 0 Å². The van der Waals surface area contributed by atoms with Gasteiger partial charge in [-0.3, -0.25) is 4.79 Å². The zero-order valence-corrected chi connectivity index (χ0v) is 19.8. The highest BCUT2D eigenvalue weighted by Crippen LogP contribution is 2.27. The van der Waals surface area contributed by atoms with Gasteiger partial charge in [-0.15, -0.1) is 0 Å². The number of carbonyl (C=O) groups excluding carboxylic acids is 1. The Balaban J connectivity index is 1.17. The number of amides is 1. The number of rotatable bonds is 6. The van der Waals surface area contributed by atoms with E-state index in [4.69, 9.17) is 9.97 Å². The molecule has 3 aromatic carbocycles. The predicted octanol–water partition coefficient (Wildman–Crippen LogP) is 5.25. The number of carbonyl (C=O) groups is 1. The Kier molecular flexibility index (Phi) is 6.30. The van der Waals surface area contributed by atoms with Crippen molar-refractivity contribution in [2.45, 2.75) is 31.7 Å². The average Bonchev–Trinajstić information content (AvgIpc) is 2.87. The Morgan fingerprint density at radius 3 is 2.38 bits per heavy atom. The topological polar surface area (TPSA) is 70.2 Å². The van der Waals surface area contributed by atoms with Gasteiger partial charge in [0.15, 0.2) is 0 Å². The maximum Gasteiger partial charge on any atom is 0.252 e. The summed E-state index contributed by atoms with van der Waals surface area (Å²) in [7, 11) is 4.01. The number of nitrogens with zero attached hydrogens (tertiary/aromatic N) is 3. The zero-order valence-electron chi connectivity index (χ0n) is 19.8. The van der Waals surface area contributed by atoms with Crippen molar-refractivity contribution in [1.82, 2.24) is 15.3 Å². The SMILES string of the molecule is CN(C)c1nc(NCC2CCC(NC(=O)c3cccc4ccccc34)CC2)nc2ccccc12. The largest absolute Gasteiger partial charge is 0.362 e. The average molecular weight is 454 g/mol. The van der Waals surface area contributed by atoms with E-state index in [0.29, 0.717) is 11.9 Å². The molecular weight excluding hydrogens is 422 g/mol. The van der Waals surface area contributed by atoms with Crippen LogP contribution in [-0.4, -0.2) is 42.6 Å². The van der Waals surface area contributed by atoms with Gasteiger partial charge < -0.3 is 15.5 Å². The number of hydrogen-bond donors (Lipinski definition) is 2. The molecule has 174 valence electrons. The number of fused-ring (bicyclic) bond motifs is 2. The number of nitrogens with one attached hydrogen (secondary N) is 2. The minimum atomic E-state index is 0.0270. The van der Waals surface area contributed by atoms with E-state index in [1.54, 1.807) is 0 Å². The van der Waals surface area contributed by atoms with Crippen LogP contribution >= 0.6 is 0 Å². The number of para-hydroxylation sites is 1. The standard InChI is InChI=1S/C28H31N5O/c1-33(2)26-24-11-5-6-13-25(24)31-28(32-26)29-18-19-14-16-21(17-15-19)30-27(34)23-12-7-9-20-8-3-4-10-22(20)23/h3-13,19,21H,14-18H2,1-2H3,(H,30,34)(H,29,31,32). The molecule has 1 aromatic heterocycles. The lowest BCUT2D eigenvalue weighted by Crippen LogP contribution is -2.38. The smallest absolute Gasteiger partial charge is 0.252 e. The normalized spacial score (nSPS) is 18.1. The van der Waals surface area contributed by atoms with E-state index in [0.717, 1.165) is 65.3 Å². The number of benzene rings is 3. The maximum absolute atomic E-state index is 13.0. The molecule has 6 nitrogen and oxygen atoms in total. The van der Waals surface area contributed by atoms with Crippen LogP contribution < -0.4 is 15.5 Å². The first-order valence-electron chi connectivity index (χ1n) is 12.0. The highest BCUT2D eigenvalue weighted by Gasteiger charge is 2.23. The van der Waals surface area contributed by atoms with Crippen LogP contribution in [0.25, 0.3) is 21.7 Å². The molecule has 0 atom stereocenters. The summed E-state index contributed by atoms with van der Waals surface area (Å²) in [6.45, 7) is 0.842. The fourth-order valence-electron chi connectivity index (χ4n) is 4.91. The third-order valence-corrected chi connectivity index (χ3v) is 6.77. The molecule has 1 aliphatic carbocycles. The molecule has 1 aliphatic rings. The summed E-state index contributed by atoms with van der Waals surface area (Å²) < 4.78 is 0. The van der Waals surface area contributed by atoms with E-state index in [1.165, 1.54) is 0 Å². The summed E-state index contributed by atoms with van der Waals surface area (Å²) in [6.07, 6.45) is 4.12. The zero-order chi connectivity index (χ0) is 23.5. The summed E-state index contributed by atoms with van der Waals surface area (Å²) in [5, 5.41) is 9.90. The van der Waals surface area contributed by atoms with E-state index < -0.39 is 0 Å². The Labute approximate surface area is 200 Å². The van der Waals surface area contributed by atoms with Gasteiger partial charge in [-0.1, -0.05) is 48.5 Å². The fraction of sp³-hybridized carbons (Fsp3) is 0.321. The minimum Gasteiger partial charge on any atom is -0.362 e. The third-order valence-electron chi connectivity index (χ3n) is 6.77. The lowest BCUT2D eigenvalue weighted by molar-refractivity contribution is 0.0924. The first-order valence-corrected chi connectivity index (χ1v) is 12.0. The summed E-state index contributed by atoms with van der Waals surface area (Å²) >= 11 is 0. The van der Waals surface area contributed by atoms with Gasteiger partial charge in [0.25, 0.3) is 5.91 Å². The molecule has 0 unspecified atom stereocenters. The number of anilines is 2. The minimum absolute atomic E-state index is 0.0270. The van der Waals surface area contributed by atoms with Crippen molar-refractivity contribution in [1.29, 1.82) is 0 Å². The van der Waals surface area contributed by atoms with Gasteiger partial charge in [-0.2, -0.15) is 4.98 Å². The molecule has 6 heteroatoms. The predicted molar refractivity (Wildman–Crippen MR) is 140 cm³/mol. The van der Waals surface area contributed by atoms with Gasteiger partial charge in [-0.05, 0) is 60.6 Å². The molecule has 1 fully saturated rings. The lowest BCUT2D eigenvalue weighted by atomic mass is 9.86. The van der Waals surface area contributed by atoms with E-state index in [1.807, 2.05) is 79.7 Å². The highest BCUT2D eigenvalue weighted by molar-refractivity contribution is 6.07. The molecule has 0 aliphatic heterocycles.